The van der Waals surface area contributed by atoms with Gasteiger partial charge in [-0.05, 0) is 78.6 Å². The van der Waals surface area contributed by atoms with Crippen molar-refractivity contribution in [2.45, 2.75) is 97.7 Å². The van der Waals surface area contributed by atoms with Crippen LogP contribution in [0.5, 0.6) is 0 Å². The summed E-state index contributed by atoms with van der Waals surface area (Å²) in [6.45, 7) is 8.77. The molecule has 6 rings (SSSR count). The van der Waals surface area contributed by atoms with Gasteiger partial charge in [-0.1, -0.05) is 69.5 Å². The number of thiazole rings is 1. The van der Waals surface area contributed by atoms with E-state index in [4.69, 9.17) is 0 Å². The topological polar surface area (TPSA) is 211 Å². The Morgan fingerprint density at radius 2 is 1.74 bits per heavy atom. The number of pyridine rings is 2. The molecule has 346 valence electrons. The van der Waals surface area contributed by atoms with Gasteiger partial charge >= 0.3 is 6.03 Å². The van der Waals surface area contributed by atoms with Crippen LogP contribution in [0.4, 0.5) is 20.6 Å². The zero-order chi connectivity index (χ0) is 47.2. The molecule has 66 heavy (non-hydrogen) atoms. The van der Waals surface area contributed by atoms with Gasteiger partial charge in [-0.3, -0.25) is 14.4 Å². The summed E-state index contributed by atoms with van der Waals surface area (Å²) in [4.78, 5) is 67.8. The van der Waals surface area contributed by atoms with Crippen LogP contribution in [0.1, 0.15) is 86.5 Å². The molecule has 3 atom stereocenters. The third-order valence-corrected chi connectivity index (χ3v) is 11.9. The molecule has 3 aromatic heterocycles. The third kappa shape index (κ3) is 14.0. The number of anilines is 2. The number of aryl methyl sites for hydroxylation is 1. The van der Waals surface area contributed by atoms with Crippen LogP contribution in [0.25, 0.3) is 10.4 Å². The number of urea groups is 1. The van der Waals surface area contributed by atoms with Gasteiger partial charge < -0.3 is 41.7 Å². The molecule has 5 amide bonds. The van der Waals surface area contributed by atoms with Crippen molar-refractivity contribution in [3.63, 3.8) is 0 Å². The standard InChI is InChI=1S/C49H56FN9O6S/c1-31-44(66-30-55-31)35-15-12-33(13-16-35)26-54-46(63)41-23-39(61)28-59(41)47(64)45(49(2,3)4)58-43(62)11-6-5-7-19-51-25-34-10-8-9-32(21-34)14-17-37-22-38(18-20-52-37)56-48(65)57-40-24-42(50)53-27-36(40)29-60/h8-10,12-13,15-16,18,20-22,24,27,30,39,41,45,51,60-61H,5-7,11,19,23,25-26,28-29H2,1-4H3,(H,54,63)(H,58,62)(H2,52,53,56,57,65)/t39-,41+,45-/m1/s1. The van der Waals surface area contributed by atoms with Crippen LogP contribution < -0.4 is 26.6 Å². The highest BCUT2D eigenvalue weighted by atomic mass is 32.1. The molecule has 0 aliphatic carbocycles. The third-order valence-electron chi connectivity index (χ3n) is 10.9. The minimum absolute atomic E-state index is 0.00879. The molecule has 4 heterocycles. The van der Waals surface area contributed by atoms with Crippen molar-refractivity contribution in [3.05, 3.63) is 124 Å². The summed E-state index contributed by atoms with van der Waals surface area (Å²) in [5.74, 6) is 4.34. The first-order valence-corrected chi connectivity index (χ1v) is 22.7. The largest absolute Gasteiger partial charge is 0.392 e. The van der Waals surface area contributed by atoms with Gasteiger partial charge in [0.2, 0.25) is 23.7 Å². The smallest absolute Gasteiger partial charge is 0.323 e. The van der Waals surface area contributed by atoms with Crippen molar-refractivity contribution >= 4 is 46.5 Å². The zero-order valence-electron chi connectivity index (χ0n) is 37.5. The number of β-amino-alcohol motifs (C(OH)–C–C–N with tert-alkyl or cyclic N) is 1. The molecule has 1 aliphatic rings. The number of hydrogen-bond donors (Lipinski definition) is 7. The molecule has 0 radical (unpaired) electrons. The summed E-state index contributed by atoms with van der Waals surface area (Å²) in [5.41, 5.74) is 7.11. The summed E-state index contributed by atoms with van der Waals surface area (Å²) in [6.07, 6.45) is 4.43. The molecule has 0 spiro atoms. The van der Waals surface area contributed by atoms with Crippen LogP contribution in [-0.4, -0.2) is 85.1 Å². The van der Waals surface area contributed by atoms with E-state index in [2.05, 4.69) is 53.4 Å². The normalized spacial score (nSPS) is 15.0. The Labute approximate surface area is 388 Å². The lowest BCUT2D eigenvalue weighted by Crippen LogP contribution is -2.57. The fourth-order valence-corrected chi connectivity index (χ4v) is 8.23. The van der Waals surface area contributed by atoms with E-state index in [0.29, 0.717) is 24.3 Å². The molecule has 2 aromatic carbocycles. The van der Waals surface area contributed by atoms with Gasteiger partial charge in [-0.15, -0.1) is 11.3 Å². The number of nitrogens with zero attached hydrogens (tertiary/aromatic N) is 4. The Kier molecular flexibility index (Phi) is 17.1. The number of rotatable bonds is 17. The van der Waals surface area contributed by atoms with E-state index < -0.39 is 48.1 Å². The Bertz CT molecular complexity index is 2550. The predicted octanol–water partition coefficient (Wildman–Crippen LogP) is 6.04. The summed E-state index contributed by atoms with van der Waals surface area (Å²) in [7, 11) is 0. The first-order valence-electron chi connectivity index (χ1n) is 21.8. The maximum atomic E-state index is 14.0. The lowest BCUT2D eigenvalue weighted by Gasteiger charge is -2.35. The number of nitrogens with one attached hydrogen (secondary N) is 5. The number of carbonyl (C=O) groups excluding carboxylic acids is 4. The molecule has 17 heteroatoms. The van der Waals surface area contributed by atoms with Gasteiger partial charge in [0, 0.05) is 67.8 Å². The van der Waals surface area contributed by atoms with Crippen molar-refractivity contribution in [3.8, 4) is 22.3 Å². The van der Waals surface area contributed by atoms with Gasteiger partial charge in [-0.2, -0.15) is 4.39 Å². The molecule has 15 nitrogen and oxygen atoms in total. The number of unbranched alkanes of at least 4 members (excludes halogenated alkanes) is 2. The Morgan fingerprint density at radius 1 is 0.939 bits per heavy atom. The van der Waals surface area contributed by atoms with E-state index in [-0.39, 0.29) is 49.0 Å². The van der Waals surface area contributed by atoms with Gasteiger partial charge in [0.05, 0.1) is 34.5 Å². The fourth-order valence-electron chi connectivity index (χ4n) is 7.42. The monoisotopic (exact) mass is 917 g/mol. The molecular formula is C49H56FN9O6S. The molecule has 0 unspecified atom stereocenters. The van der Waals surface area contributed by atoms with Gasteiger partial charge in [0.1, 0.15) is 17.8 Å². The molecule has 7 N–H and O–H groups in total. The van der Waals surface area contributed by atoms with E-state index in [0.717, 1.165) is 64.5 Å². The van der Waals surface area contributed by atoms with Gasteiger partial charge in [0.25, 0.3) is 0 Å². The van der Waals surface area contributed by atoms with Crippen molar-refractivity contribution in [1.29, 1.82) is 0 Å². The number of likely N-dealkylation sites (tertiary alicyclic amines) is 1. The van der Waals surface area contributed by atoms with Crippen LogP contribution in [0, 0.1) is 30.1 Å². The fraction of sp³-hybridized carbons (Fsp3) is 0.367. The molecule has 5 aromatic rings. The van der Waals surface area contributed by atoms with E-state index in [1.54, 1.807) is 23.5 Å². The van der Waals surface area contributed by atoms with E-state index >= 15 is 0 Å². The average molecular weight is 918 g/mol. The predicted molar refractivity (Wildman–Crippen MR) is 251 cm³/mol. The highest BCUT2D eigenvalue weighted by molar-refractivity contribution is 7.13. The van der Waals surface area contributed by atoms with Crippen LogP contribution in [0.3, 0.4) is 0 Å². The number of benzene rings is 2. The first-order chi connectivity index (χ1) is 31.7. The number of aliphatic hydroxyl groups is 2. The highest BCUT2D eigenvalue weighted by Gasteiger charge is 2.44. The van der Waals surface area contributed by atoms with Crippen molar-refractivity contribution in [2.24, 2.45) is 5.41 Å². The summed E-state index contributed by atoms with van der Waals surface area (Å²) in [5, 5.41) is 34.5. The number of carbonyl (C=O) groups is 4. The number of amides is 5. The maximum Gasteiger partial charge on any atom is 0.323 e. The van der Waals surface area contributed by atoms with E-state index in [1.165, 1.54) is 11.1 Å². The summed E-state index contributed by atoms with van der Waals surface area (Å²) < 4.78 is 13.6. The maximum absolute atomic E-state index is 14.0. The molecule has 1 aliphatic heterocycles. The minimum Gasteiger partial charge on any atom is -0.392 e. The Balaban J connectivity index is 0.909. The number of aromatic nitrogens is 3. The average Bonchev–Trinajstić information content (AvgIpc) is 3.91. The van der Waals surface area contributed by atoms with E-state index in [1.807, 2.05) is 81.7 Å². The summed E-state index contributed by atoms with van der Waals surface area (Å²) >= 11 is 1.57. The lowest BCUT2D eigenvalue weighted by molar-refractivity contribution is -0.144. The van der Waals surface area contributed by atoms with Crippen LogP contribution in [0.15, 0.2) is 84.6 Å². The number of aliphatic hydroxyl groups excluding tert-OH is 2. The van der Waals surface area contributed by atoms with Gasteiger partial charge in [-0.25, -0.2) is 19.7 Å². The number of halogens is 1. The SMILES string of the molecule is Cc1ncsc1-c1ccc(CNC(=O)[C@@H]2C[C@@H](O)CN2C(=O)[C@@H](NC(=O)CCCCCNCc2cccc(C#Cc3cc(NC(=O)Nc4cc(F)ncc4CO)ccn3)c2)C(C)(C)C)cc1. The van der Waals surface area contributed by atoms with Gasteiger partial charge in [0.15, 0.2) is 0 Å². The minimum atomic E-state index is -0.887. The second-order valence-electron chi connectivity index (χ2n) is 17.2. The number of hydrogen-bond acceptors (Lipinski definition) is 11. The van der Waals surface area contributed by atoms with Crippen molar-refractivity contribution in [2.75, 3.05) is 23.7 Å². The molecule has 0 bridgehead atoms. The highest BCUT2D eigenvalue weighted by Crippen LogP contribution is 2.29. The first kappa shape index (κ1) is 48.9. The van der Waals surface area contributed by atoms with Crippen molar-refractivity contribution in [1.82, 2.24) is 35.8 Å². The molecular weight excluding hydrogens is 862 g/mol. The molecule has 0 saturated carbocycles. The van der Waals surface area contributed by atoms with Crippen LogP contribution in [0.2, 0.25) is 0 Å². The lowest BCUT2D eigenvalue weighted by atomic mass is 9.85. The second kappa shape index (κ2) is 23.0. The van der Waals surface area contributed by atoms with Crippen molar-refractivity contribution < 1.29 is 33.8 Å². The Morgan fingerprint density at radius 3 is 2.48 bits per heavy atom. The molecule has 1 saturated heterocycles. The van der Waals surface area contributed by atoms with E-state index in [9.17, 15) is 33.8 Å². The second-order valence-corrected chi connectivity index (χ2v) is 18.1. The molecule has 1 fully saturated rings. The Hall–Kier alpha value is -6.58. The van der Waals surface area contributed by atoms with Crippen LogP contribution in [-0.2, 0) is 34.1 Å². The zero-order valence-corrected chi connectivity index (χ0v) is 38.3. The summed E-state index contributed by atoms with van der Waals surface area (Å²) in [6, 6.07) is 17.5. The quantitative estimate of drug-likeness (QED) is 0.0327. The van der Waals surface area contributed by atoms with Crippen LogP contribution >= 0.6 is 11.3 Å².